The lowest BCUT2D eigenvalue weighted by molar-refractivity contribution is 0.194. The molecule has 0 aromatic rings. The van der Waals surface area contributed by atoms with Gasteiger partial charge in [0.05, 0.1) is 0 Å². The summed E-state index contributed by atoms with van der Waals surface area (Å²) >= 11 is 1.95. The number of rotatable bonds is 6. The minimum atomic E-state index is 0.713. The standard InChI is InChI=1S/C13H28N2S/c1-11-5-7-14-13(9-11)10-15(3)12(2)6-8-16-4/h11-14H,5-10H2,1-4H3. The van der Waals surface area contributed by atoms with Crippen LogP contribution in [0.4, 0.5) is 0 Å². The van der Waals surface area contributed by atoms with E-state index in [-0.39, 0.29) is 0 Å². The molecule has 1 fully saturated rings. The zero-order valence-electron chi connectivity index (χ0n) is 11.3. The van der Waals surface area contributed by atoms with Gasteiger partial charge in [-0.3, -0.25) is 0 Å². The summed E-state index contributed by atoms with van der Waals surface area (Å²) < 4.78 is 0. The molecular weight excluding hydrogens is 216 g/mol. The molecule has 1 saturated heterocycles. The van der Waals surface area contributed by atoms with Crippen molar-refractivity contribution in [1.29, 1.82) is 0 Å². The van der Waals surface area contributed by atoms with Gasteiger partial charge in [-0.05, 0) is 57.7 Å². The first-order valence-corrected chi connectivity index (χ1v) is 7.95. The Balaban J connectivity index is 2.23. The summed E-state index contributed by atoms with van der Waals surface area (Å²) in [6.45, 7) is 7.15. The molecule has 0 bridgehead atoms. The van der Waals surface area contributed by atoms with Crippen LogP contribution in [0.3, 0.4) is 0 Å². The fourth-order valence-electron chi connectivity index (χ4n) is 2.40. The monoisotopic (exact) mass is 244 g/mol. The van der Waals surface area contributed by atoms with E-state index in [0.717, 1.165) is 5.92 Å². The molecular formula is C13H28N2S. The van der Waals surface area contributed by atoms with E-state index in [1.807, 2.05) is 11.8 Å². The number of nitrogens with zero attached hydrogens (tertiary/aromatic N) is 1. The van der Waals surface area contributed by atoms with E-state index in [0.29, 0.717) is 12.1 Å². The zero-order chi connectivity index (χ0) is 12.0. The van der Waals surface area contributed by atoms with E-state index >= 15 is 0 Å². The van der Waals surface area contributed by atoms with Crippen molar-refractivity contribution in [2.75, 3.05) is 32.1 Å². The second kappa shape index (κ2) is 7.57. The molecule has 3 atom stereocenters. The van der Waals surface area contributed by atoms with E-state index in [2.05, 4.69) is 37.4 Å². The van der Waals surface area contributed by atoms with Crippen molar-refractivity contribution in [2.45, 2.75) is 45.2 Å². The second-order valence-electron chi connectivity index (χ2n) is 5.35. The molecule has 1 rings (SSSR count). The number of nitrogens with one attached hydrogen (secondary N) is 1. The fraction of sp³-hybridized carbons (Fsp3) is 1.00. The highest BCUT2D eigenvalue weighted by Gasteiger charge is 2.20. The van der Waals surface area contributed by atoms with Gasteiger partial charge in [-0.2, -0.15) is 11.8 Å². The lowest BCUT2D eigenvalue weighted by Crippen LogP contribution is -2.46. The highest BCUT2D eigenvalue weighted by molar-refractivity contribution is 7.98. The molecule has 0 spiro atoms. The van der Waals surface area contributed by atoms with Crippen molar-refractivity contribution in [2.24, 2.45) is 5.92 Å². The summed E-state index contributed by atoms with van der Waals surface area (Å²) in [5, 5.41) is 3.64. The molecule has 96 valence electrons. The third-order valence-electron chi connectivity index (χ3n) is 3.76. The van der Waals surface area contributed by atoms with E-state index in [9.17, 15) is 0 Å². The van der Waals surface area contributed by atoms with Gasteiger partial charge in [-0.1, -0.05) is 6.92 Å². The van der Waals surface area contributed by atoms with Crippen LogP contribution >= 0.6 is 11.8 Å². The summed E-state index contributed by atoms with van der Waals surface area (Å²) in [5.41, 5.74) is 0. The van der Waals surface area contributed by atoms with Crippen LogP contribution in [-0.2, 0) is 0 Å². The van der Waals surface area contributed by atoms with Crippen LogP contribution in [-0.4, -0.2) is 49.1 Å². The first-order valence-electron chi connectivity index (χ1n) is 6.56. The van der Waals surface area contributed by atoms with Gasteiger partial charge in [0.2, 0.25) is 0 Å². The molecule has 0 aromatic carbocycles. The van der Waals surface area contributed by atoms with Gasteiger partial charge in [0.15, 0.2) is 0 Å². The number of hydrogen-bond acceptors (Lipinski definition) is 3. The first-order chi connectivity index (χ1) is 7.63. The van der Waals surface area contributed by atoms with Crippen molar-refractivity contribution in [3.05, 3.63) is 0 Å². The average molecular weight is 244 g/mol. The molecule has 0 amide bonds. The van der Waals surface area contributed by atoms with Gasteiger partial charge < -0.3 is 10.2 Å². The van der Waals surface area contributed by atoms with Gasteiger partial charge in [0, 0.05) is 18.6 Å². The van der Waals surface area contributed by atoms with Crippen molar-refractivity contribution in [1.82, 2.24) is 10.2 Å². The number of thioether (sulfide) groups is 1. The van der Waals surface area contributed by atoms with Crippen LogP contribution in [0.1, 0.15) is 33.1 Å². The second-order valence-corrected chi connectivity index (χ2v) is 6.34. The highest BCUT2D eigenvalue weighted by Crippen LogP contribution is 2.16. The zero-order valence-corrected chi connectivity index (χ0v) is 12.1. The van der Waals surface area contributed by atoms with Crippen LogP contribution in [0, 0.1) is 5.92 Å². The Bertz CT molecular complexity index is 187. The highest BCUT2D eigenvalue weighted by atomic mass is 32.2. The van der Waals surface area contributed by atoms with Crippen LogP contribution < -0.4 is 5.32 Å². The minimum Gasteiger partial charge on any atom is -0.313 e. The third kappa shape index (κ3) is 5.07. The van der Waals surface area contributed by atoms with Crippen molar-refractivity contribution in [3.8, 4) is 0 Å². The van der Waals surface area contributed by atoms with E-state index in [4.69, 9.17) is 0 Å². The molecule has 3 heteroatoms. The van der Waals surface area contributed by atoms with Crippen LogP contribution in [0.5, 0.6) is 0 Å². The molecule has 16 heavy (non-hydrogen) atoms. The third-order valence-corrected chi connectivity index (χ3v) is 4.40. The average Bonchev–Trinajstić information content (AvgIpc) is 2.25. The van der Waals surface area contributed by atoms with Crippen molar-refractivity contribution < 1.29 is 0 Å². The predicted octanol–water partition coefficient (Wildman–Crippen LogP) is 2.45. The molecule has 1 aliphatic heterocycles. The van der Waals surface area contributed by atoms with Gasteiger partial charge in [0.25, 0.3) is 0 Å². The molecule has 0 aromatic heterocycles. The maximum atomic E-state index is 3.64. The molecule has 0 aliphatic carbocycles. The maximum absolute atomic E-state index is 3.64. The Hall–Kier alpha value is 0.270. The van der Waals surface area contributed by atoms with Crippen LogP contribution in [0.15, 0.2) is 0 Å². The Labute approximate surface area is 106 Å². The van der Waals surface area contributed by atoms with E-state index in [1.54, 1.807) is 0 Å². The quantitative estimate of drug-likeness (QED) is 0.772. The van der Waals surface area contributed by atoms with E-state index < -0.39 is 0 Å². The van der Waals surface area contributed by atoms with Gasteiger partial charge in [-0.15, -0.1) is 0 Å². The van der Waals surface area contributed by atoms with Gasteiger partial charge in [0.1, 0.15) is 0 Å². The molecule has 1 aliphatic rings. The molecule has 1 N–H and O–H groups in total. The molecule has 0 radical (unpaired) electrons. The van der Waals surface area contributed by atoms with Crippen molar-refractivity contribution in [3.63, 3.8) is 0 Å². The summed E-state index contributed by atoms with van der Waals surface area (Å²) in [6, 6.07) is 1.43. The molecule has 3 unspecified atom stereocenters. The Kier molecular flexibility index (Phi) is 6.78. The lowest BCUT2D eigenvalue weighted by Gasteiger charge is -2.34. The molecule has 2 nitrogen and oxygen atoms in total. The Morgan fingerprint density at radius 3 is 2.88 bits per heavy atom. The largest absolute Gasteiger partial charge is 0.313 e. The predicted molar refractivity (Wildman–Crippen MR) is 75.3 cm³/mol. The van der Waals surface area contributed by atoms with Crippen LogP contribution in [0.2, 0.25) is 0 Å². The van der Waals surface area contributed by atoms with E-state index in [1.165, 1.54) is 38.1 Å². The van der Waals surface area contributed by atoms with Crippen molar-refractivity contribution >= 4 is 11.8 Å². The summed E-state index contributed by atoms with van der Waals surface area (Å²) in [6.07, 6.45) is 6.19. The topological polar surface area (TPSA) is 15.3 Å². The fourth-order valence-corrected chi connectivity index (χ4v) is 2.97. The number of likely N-dealkylation sites (N-methyl/N-ethyl adjacent to an activating group) is 1. The first kappa shape index (κ1) is 14.3. The smallest absolute Gasteiger partial charge is 0.0197 e. The summed E-state index contributed by atoms with van der Waals surface area (Å²) in [4.78, 5) is 2.52. The molecule has 0 saturated carbocycles. The van der Waals surface area contributed by atoms with Gasteiger partial charge in [-0.25, -0.2) is 0 Å². The SMILES string of the molecule is CSCCC(C)N(C)CC1CC(C)CCN1. The normalized spacial score (nSPS) is 28.3. The maximum Gasteiger partial charge on any atom is 0.0197 e. The Morgan fingerprint density at radius 2 is 2.25 bits per heavy atom. The summed E-state index contributed by atoms with van der Waals surface area (Å²) in [7, 11) is 2.27. The summed E-state index contributed by atoms with van der Waals surface area (Å²) in [5.74, 6) is 2.18. The molecule has 1 heterocycles. The van der Waals surface area contributed by atoms with Gasteiger partial charge >= 0.3 is 0 Å². The number of piperidine rings is 1. The van der Waals surface area contributed by atoms with Crippen LogP contribution in [0.25, 0.3) is 0 Å². The Morgan fingerprint density at radius 1 is 1.50 bits per heavy atom. The lowest BCUT2D eigenvalue weighted by atomic mass is 9.94. The minimum absolute atomic E-state index is 0.713. The number of hydrogen-bond donors (Lipinski definition) is 1.